The number of carbonyl (C=O) groups excluding carboxylic acids is 4. The Kier molecular flexibility index (Phi) is 5.29. The van der Waals surface area contributed by atoms with Gasteiger partial charge >= 0.3 is 0 Å². The normalized spacial score (nSPS) is 14.9. The Bertz CT molecular complexity index is 993. The van der Waals surface area contributed by atoms with E-state index in [0.717, 1.165) is 15.6 Å². The predicted octanol–water partition coefficient (Wildman–Crippen LogP) is 3.83. The van der Waals surface area contributed by atoms with E-state index in [2.05, 4.69) is 31.9 Å². The average molecular weight is 508 g/mol. The Morgan fingerprint density at radius 1 is 0.714 bits per heavy atom. The van der Waals surface area contributed by atoms with Crippen molar-refractivity contribution in [2.24, 2.45) is 0 Å². The summed E-state index contributed by atoms with van der Waals surface area (Å²) in [5, 5.41) is 0. The van der Waals surface area contributed by atoms with Gasteiger partial charge in [0.25, 0.3) is 23.4 Å². The third-order valence-corrected chi connectivity index (χ3v) is 5.75. The maximum Gasteiger partial charge on any atom is 0.299 e. The zero-order valence-corrected chi connectivity index (χ0v) is 18.8. The first-order valence-corrected chi connectivity index (χ1v) is 9.88. The summed E-state index contributed by atoms with van der Waals surface area (Å²) < 4.78 is 1.57. The van der Waals surface area contributed by atoms with Crippen molar-refractivity contribution in [1.29, 1.82) is 0 Å². The van der Waals surface area contributed by atoms with Crippen LogP contribution >= 0.6 is 31.9 Å². The fourth-order valence-corrected chi connectivity index (χ4v) is 4.54. The van der Waals surface area contributed by atoms with Crippen LogP contribution in [-0.2, 0) is 9.59 Å². The van der Waals surface area contributed by atoms with E-state index in [4.69, 9.17) is 0 Å². The quantitative estimate of drug-likeness (QED) is 0.508. The Hall–Kier alpha value is -2.32. The first kappa shape index (κ1) is 20.4. The Morgan fingerprint density at radius 2 is 1.21 bits per heavy atom. The first-order chi connectivity index (χ1) is 13.0. The molecule has 0 atom stereocenters. The highest BCUT2D eigenvalue weighted by atomic mass is 79.9. The van der Waals surface area contributed by atoms with E-state index in [0.29, 0.717) is 27.0 Å². The number of fused-ring (bicyclic) bond motifs is 2. The number of benzene rings is 2. The second kappa shape index (κ2) is 7.25. The van der Waals surface area contributed by atoms with Gasteiger partial charge in [-0.1, -0.05) is 15.9 Å². The average Bonchev–Trinajstić information content (AvgIpc) is 2.96. The number of anilines is 2. The number of hydrogen-bond donors (Lipinski definition) is 0. The molecular weight excluding hydrogens is 492 g/mol. The number of aryl methyl sites for hydroxylation is 2. The molecule has 0 aliphatic carbocycles. The summed E-state index contributed by atoms with van der Waals surface area (Å²) in [5.74, 6) is -1.77. The number of likely N-dealkylation sites (N-methyl/N-ethyl adjacent to an activating group) is 2. The molecule has 0 aromatic heterocycles. The van der Waals surface area contributed by atoms with Crippen molar-refractivity contribution in [2.75, 3.05) is 23.9 Å². The van der Waals surface area contributed by atoms with E-state index in [9.17, 15) is 19.2 Å². The van der Waals surface area contributed by atoms with Crippen LogP contribution in [0.4, 0.5) is 11.4 Å². The molecule has 2 amide bonds. The lowest BCUT2D eigenvalue weighted by atomic mass is 10.1. The Labute approximate surface area is 178 Å². The molecule has 144 valence electrons. The molecule has 8 heteroatoms. The lowest BCUT2D eigenvalue weighted by Gasteiger charge is -2.09. The van der Waals surface area contributed by atoms with E-state index < -0.39 is 23.4 Å². The molecule has 28 heavy (non-hydrogen) atoms. The van der Waals surface area contributed by atoms with Crippen molar-refractivity contribution in [3.63, 3.8) is 0 Å². The lowest BCUT2D eigenvalue weighted by molar-refractivity contribution is -0.114. The fraction of sp³-hybridized carbons (Fsp3) is 0.200. The summed E-state index contributed by atoms with van der Waals surface area (Å²) in [7, 11) is 3.22. The first-order valence-electron chi connectivity index (χ1n) is 8.29. The van der Waals surface area contributed by atoms with Crippen molar-refractivity contribution in [1.82, 2.24) is 0 Å². The molecule has 0 unspecified atom stereocenters. The van der Waals surface area contributed by atoms with Gasteiger partial charge in [0.15, 0.2) is 0 Å². The van der Waals surface area contributed by atoms with Gasteiger partial charge in [-0.2, -0.15) is 0 Å². The summed E-state index contributed by atoms with van der Waals surface area (Å²) in [6.07, 6.45) is 0. The molecule has 2 aliphatic rings. The minimum atomic E-state index is -0.466. The minimum absolute atomic E-state index is 0.410. The highest BCUT2D eigenvalue weighted by Gasteiger charge is 2.35. The third kappa shape index (κ3) is 3.20. The fourth-order valence-electron chi connectivity index (χ4n) is 3.24. The zero-order valence-electron chi connectivity index (χ0n) is 15.6. The van der Waals surface area contributed by atoms with Gasteiger partial charge in [0.1, 0.15) is 0 Å². The van der Waals surface area contributed by atoms with E-state index >= 15 is 0 Å². The van der Waals surface area contributed by atoms with Crippen LogP contribution in [0.15, 0.2) is 33.2 Å². The number of ketones is 2. The molecule has 2 aromatic rings. The number of halogens is 2. The molecule has 0 saturated carbocycles. The molecule has 0 saturated heterocycles. The second-order valence-corrected chi connectivity index (χ2v) is 8.41. The minimum Gasteiger partial charge on any atom is -0.308 e. The van der Waals surface area contributed by atoms with Gasteiger partial charge in [-0.05, 0) is 65.2 Å². The van der Waals surface area contributed by atoms with Crippen molar-refractivity contribution in [3.05, 3.63) is 55.5 Å². The molecule has 0 N–H and O–H groups in total. The molecule has 2 aliphatic heterocycles. The topological polar surface area (TPSA) is 74.8 Å². The van der Waals surface area contributed by atoms with E-state index in [1.54, 1.807) is 20.2 Å². The van der Waals surface area contributed by atoms with Gasteiger partial charge in [-0.3, -0.25) is 19.2 Å². The third-order valence-electron chi connectivity index (χ3n) is 4.67. The van der Waals surface area contributed by atoms with Crippen LogP contribution < -0.4 is 9.80 Å². The van der Waals surface area contributed by atoms with E-state index in [1.165, 1.54) is 9.80 Å². The zero-order chi connectivity index (χ0) is 20.9. The van der Waals surface area contributed by atoms with Crippen molar-refractivity contribution < 1.29 is 19.2 Å². The standard InChI is InChI=1S/2C10H8BrNO2/c1-5-3-6(11)4-7-8(5)9(13)10(14)12(7)2;1-5-3-6(11)8-7(4-5)12(2)10(14)9(8)13/h2*3-4H,1-2H3. The molecule has 0 fully saturated rings. The van der Waals surface area contributed by atoms with Gasteiger partial charge in [0.05, 0.1) is 22.5 Å². The van der Waals surface area contributed by atoms with Crippen molar-refractivity contribution >= 4 is 66.6 Å². The smallest absolute Gasteiger partial charge is 0.299 e. The number of rotatable bonds is 0. The number of amides is 2. The van der Waals surface area contributed by atoms with Gasteiger partial charge in [-0.25, -0.2) is 0 Å². The van der Waals surface area contributed by atoms with Crippen LogP contribution in [0, 0.1) is 13.8 Å². The van der Waals surface area contributed by atoms with Crippen LogP contribution in [0.3, 0.4) is 0 Å². The molecule has 0 radical (unpaired) electrons. The SMILES string of the molecule is Cc1cc(Br)c2c(c1)N(C)C(=O)C2=O.Cc1cc(Br)cc2c1C(=O)C(=O)N2C. The molecular formula is C20H16Br2N2O4. The highest BCUT2D eigenvalue weighted by Crippen LogP contribution is 2.35. The summed E-state index contributed by atoms with van der Waals surface area (Å²) in [4.78, 5) is 48.6. The highest BCUT2D eigenvalue weighted by molar-refractivity contribution is 9.10. The molecule has 0 bridgehead atoms. The summed E-state index contributed by atoms with van der Waals surface area (Å²) in [6.45, 7) is 3.75. The van der Waals surface area contributed by atoms with Gasteiger partial charge in [-0.15, -0.1) is 0 Å². The molecule has 0 spiro atoms. The van der Waals surface area contributed by atoms with E-state index in [-0.39, 0.29) is 0 Å². The van der Waals surface area contributed by atoms with Crippen LogP contribution in [0.5, 0.6) is 0 Å². The summed E-state index contributed by atoms with van der Waals surface area (Å²) >= 11 is 6.63. The molecule has 2 heterocycles. The Balaban J connectivity index is 0.000000161. The van der Waals surface area contributed by atoms with Gasteiger partial charge < -0.3 is 9.80 Å². The van der Waals surface area contributed by atoms with E-state index in [1.807, 2.05) is 32.0 Å². The number of nitrogens with zero attached hydrogens (tertiary/aromatic N) is 2. The molecule has 2 aromatic carbocycles. The maximum atomic E-state index is 11.5. The molecule has 4 rings (SSSR count). The van der Waals surface area contributed by atoms with Crippen LogP contribution in [0.2, 0.25) is 0 Å². The molecule has 6 nitrogen and oxygen atoms in total. The Morgan fingerprint density at radius 3 is 1.79 bits per heavy atom. The largest absolute Gasteiger partial charge is 0.308 e. The van der Waals surface area contributed by atoms with Crippen LogP contribution in [-0.4, -0.2) is 37.5 Å². The van der Waals surface area contributed by atoms with Crippen LogP contribution in [0.25, 0.3) is 0 Å². The number of Topliss-reactive ketones (excluding diaryl/α,β-unsaturated/α-hetero) is 2. The monoisotopic (exact) mass is 506 g/mol. The van der Waals surface area contributed by atoms with Gasteiger partial charge in [0.2, 0.25) is 0 Å². The predicted molar refractivity (Wildman–Crippen MR) is 113 cm³/mol. The maximum absolute atomic E-state index is 11.5. The number of carbonyl (C=O) groups is 4. The lowest BCUT2D eigenvalue weighted by Crippen LogP contribution is -2.24. The second-order valence-electron chi connectivity index (χ2n) is 6.64. The summed E-state index contributed by atoms with van der Waals surface area (Å²) in [5.41, 5.74) is 4.23. The van der Waals surface area contributed by atoms with Gasteiger partial charge in [0, 0.05) is 23.0 Å². The van der Waals surface area contributed by atoms with Crippen molar-refractivity contribution in [2.45, 2.75) is 13.8 Å². The summed E-state index contributed by atoms with van der Waals surface area (Å²) in [6, 6.07) is 7.29. The van der Waals surface area contributed by atoms with Crippen molar-refractivity contribution in [3.8, 4) is 0 Å². The number of hydrogen-bond acceptors (Lipinski definition) is 4. The van der Waals surface area contributed by atoms with Crippen LogP contribution in [0.1, 0.15) is 31.8 Å².